The molecule has 18 heavy (non-hydrogen) atoms. The molecule has 0 aromatic carbocycles. The van der Waals surface area contributed by atoms with Crippen LogP contribution in [0.2, 0.25) is 0 Å². The van der Waals surface area contributed by atoms with Crippen LogP contribution in [-0.2, 0) is 11.2 Å². The standard InChI is InChI=1S/C10H10N6O2/c1-5-8(2-9(17)18)16-4-7(13-10(16)12-5)6-3-11-15-14-6/h3-4H,2H2,1H3,(H,12,13)(H,17,18)(H,11,14,15). The number of nitrogens with one attached hydrogen (secondary N) is 2. The fourth-order valence-electron chi connectivity index (χ4n) is 1.90. The van der Waals surface area contributed by atoms with E-state index in [9.17, 15) is 4.79 Å². The zero-order valence-electron chi connectivity index (χ0n) is 9.51. The molecule has 0 fully saturated rings. The highest BCUT2D eigenvalue weighted by Gasteiger charge is 2.15. The van der Waals surface area contributed by atoms with Crippen LogP contribution in [0.4, 0.5) is 0 Å². The molecule has 0 aliphatic rings. The summed E-state index contributed by atoms with van der Waals surface area (Å²) in [4.78, 5) is 18.2. The van der Waals surface area contributed by atoms with Crippen molar-refractivity contribution in [3.8, 4) is 11.4 Å². The Balaban J connectivity index is 2.13. The van der Waals surface area contributed by atoms with E-state index in [0.717, 1.165) is 5.69 Å². The van der Waals surface area contributed by atoms with E-state index in [1.807, 2.05) is 6.92 Å². The van der Waals surface area contributed by atoms with E-state index in [1.54, 1.807) is 16.8 Å². The largest absolute Gasteiger partial charge is 0.481 e. The average Bonchev–Trinajstić information content (AvgIpc) is 2.96. The number of carbonyl (C=O) groups is 1. The summed E-state index contributed by atoms with van der Waals surface area (Å²) in [5, 5.41) is 19.0. The normalized spacial score (nSPS) is 11.2. The van der Waals surface area contributed by atoms with Gasteiger partial charge in [-0.05, 0) is 6.92 Å². The number of aromatic amines is 2. The lowest BCUT2D eigenvalue weighted by Crippen LogP contribution is -2.03. The number of carboxylic acid groups (broad SMARTS) is 1. The molecule has 0 spiro atoms. The lowest BCUT2D eigenvalue weighted by Gasteiger charge is -1.96. The summed E-state index contributed by atoms with van der Waals surface area (Å²) >= 11 is 0. The van der Waals surface area contributed by atoms with Gasteiger partial charge in [-0.3, -0.25) is 9.20 Å². The summed E-state index contributed by atoms with van der Waals surface area (Å²) in [6, 6.07) is 0. The third-order valence-electron chi connectivity index (χ3n) is 2.73. The lowest BCUT2D eigenvalue weighted by molar-refractivity contribution is -0.136. The third-order valence-corrected chi connectivity index (χ3v) is 2.73. The lowest BCUT2D eigenvalue weighted by atomic mass is 10.2. The predicted molar refractivity (Wildman–Crippen MR) is 61.0 cm³/mol. The Morgan fingerprint density at radius 1 is 1.50 bits per heavy atom. The van der Waals surface area contributed by atoms with E-state index in [4.69, 9.17) is 5.11 Å². The van der Waals surface area contributed by atoms with Crippen LogP contribution in [0.1, 0.15) is 11.4 Å². The van der Waals surface area contributed by atoms with E-state index >= 15 is 0 Å². The number of rotatable bonds is 3. The summed E-state index contributed by atoms with van der Waals surface area (Å²) in [5.74, 6) is -0.280. The highest BCUT2D eigenvalue weighted by Crippen LogP contribution is 2.19. The van der Waals surface area contributed by atoms with Gasteiger partial charge in [0.1, 0.15) is 11.4 Å². The van der Waals surface area contributed by atoms with Crippen molar-refractivity contribution in [1.82, 2.24) is 29.8 Å². The molecule has 0 unspecified atom stereocenters. The highest BCUT2D eigenvalue weighted by molar-refractivity contribution is 5.70. The molecule has 92 valence electrons. The Morgan fingerprint density at radius 2 is 2.33 bits per heavy atom. The number of H-pyrrole nitrogens is 2. The quantitative estimate of drug-likeness (QED) is 0.618. The van der Waals surface area contributed by atoms with Crippen LogP contribution in [0, 0.1) is 6.92 Å². The van der Waals surface area contributed by atoms with Crippen molar-refractivity contribution in [2.24, 2.45) is 0 Å². The summed E-state index contributed by atoms with van der Waals surface area (Å²) in [7, 11) is 0. The Morgan fingerprint density at radius 3 is 3.00 bits per heavy atom. The second-order valence-corrected chi connectivity index (χ2v) is 3.94. The molecule has 3 heterocycles. The number of carboxylic acids is 1. The first kappa shape index (κ1) is 10.5. The van der Waals surface area contributed by atoms with Gasteiger partial charge in [0, 0.05) is 11.9 Å². The van der Waals surface area contributed by atoms with Crippen molar-refractivity contribution in [2.45, 2.75) is 13.3 Å². The number of fused-ring (bicyclic) bond motifs is 1. The topological polar surface area (TPSA) is 112 Å². The molecule has 0 amide bonds. The van der Waals surface area contributed by atoms with Crippen LogP contribution >= 0.6 is 0 Å². The fraction of sp³-hybridized carbons (Fsp3) is 0.200. The second-order valence-electron chi connectivity index (χ2n) is 3.94. The van der Waals surface area contributed by atoms with Crippen molar-refractivity contribution in [2.75, 3.05) is 0 Å². The van der Waals surface area contributed by atoms with Gasteiger partial charge < -0.3 is 10.1 Å². The van der Waals surface area contributed by atoms with Crippen molar-refractivity contribution in [1.29, 1.82) is 0 Å². The molecule has 3 aromatic heterocycles. The summed E-state index contributed by atoms with van der Waals surface area (Å²) in [6.45, 7) is 1.82. The summed E-state index contributed by atoms with van der Waals surface area (Å²) in [5.41, 5.74) is 2.74. The number of hydrogen-bond acceptors (Lipinski definition) is 4. The minimum absolute atomic E-state index is 0.0551. The van der Waals surface area contributed by atoms with Gasteiger partial charge in [-0.1, -0.05) is 0 Å². The molecule has 3 N–H and O–H groups in total. The van der Waals surface area contributed by atoms with Crippen molar-refractivity contribution >= 4 is 11.7 Å². The molecule has 0 radical (unpaired) electrons. The van der Waals surface area contributed by atoms with Gasteiger partial charge in [-0.2, -0.15) is 15.4 Å². The molecular weight excluding hydrogens is 236 g/mol. The SMILES string of the molecule is Cc1[nH]c2nc(-c3cn[nH]n3)cn2c1CC(=O)O. The summed E-state index contributed by atoms with van der Waals surface area (Å²) < 4.78 is 1.73. The van der Waals surface area contributed by atoms with Crippen molar-refractivity contribution in [3.05, 3.63) is 23.8 Å². The zero-order chi connectivity index (χ0) is 12.7. The molecule has 0 atom stereocenters. The third kappa shape index (κ3) is 1.54. The van der Waals surface area contributed by atoms with Crippen LogP contribution in [0.15, 0.2) is 12.4 Å². The minimum Gasteiger partial charge on any atom is -0.481 e. The van der Waals surface area contributed by atoms with Gasteiger partial charge >= 0.3 is 5.97 Å². The van der Waals surface area contributed by atoms with Gasteiger partial charge in [0.05, 0.1) is 18.3 Å². The predicted octanol–water partition coefficient (Wildman–Crippen LogP) is 0.383. The van der Waals surface area contributed by atoms with Gasteiger partial charge in [-0.15, -0.1) is 0 Å². The molecule has 3 rings (SSSR count). The second kappa shape index (κ2) is 3.69. The zero-order valence-corrected chi connectivity index (χ0v) is 9.51. The molecule has 0 aliphatic heterocycles. The minimum atomic E-state index is -0.879. The van der Waals surface area contributed by atoms with E-state index in [1.165, 1.54) is 0 Å². The summed E-state index contributed by atoms with van der Waals surface area (Å²) in [6.07, 6.45) is 3.25. The van der Waals surface area contributed by atoms with Gasteiger partial charge in [0.2, 0.25) is 5.78 Å². The molecule has 0 aliphatic carbocycles. The molecule has 8 heteroatoms. The average molecular weight is 246 g/mol. The maximum atomic E-state index is 10.8. The van der Waals surface area contributed by atoms with Crippen molar-refractivity contribution in [3.63, 3.8) is 0 Å². The van der Waals surface area contributed by atoms with Gasteiger partial charge in [0.25, 0.3) is 0 Å². The first-order chi connectivity index (χ1) is 8.65. The van der Waals surface area contributed by atoms with E-state index < -0.39 is 5.97 Å². The Labute approximate surface area is 101 Å². The first-order valence-corrected chi connectivity index (χ1v) is 5.29. The number of aliphatic carboxylic acids is 1. The van der Waals surface area contributed by atoms with Crippen LogP contribution in [0.25, 0.3) is 17.2 Å². The van der Waals surface area contributed by atoms with Crippen LogP contribution < -0.4 is 0 Å². The van der Waals surface area contributed by atoms with Gasteiger partial charge in [0.15, 0.2) is 0 Å². The number of imidazole rings is 2. The monoisotopic (exact) mass is 246 g/mol. The van der Waals surface area contributed by atoms with E-state index in [0.29, 0.717) is 22.9 Å². The Kier molecular flexibility index (Phi) is 2.15. The van der Waals surface area contributed by atoms with Crippen LogP contribution in [0.3, 0.4) is 0 Å². The molecule has 3 aromatic rings. The number of nitrogens with zero attached hydrogens (tertiary/aromatic N) is 4. The fourth-order valence-corrected chi connectivity index (χ4v) is 1.90. The smallest absolute Gasteiger partial charge is 0.309 e. The Bertz CT molecular complexity index is 708. The number of hydrogen-bond donors (Lipinski definition) is 3. The highest BCUT2D eigenvalue weighted by atomic mass is 16.4. The van der Waals surface area contributed by atoms with E-state index in [-0.39, 0.29) is 6.42 Å². The van der Waals surface area contributed by atoms with Crippen LogP contribution in [-0.4, -0.2) is 40.9 Å². The number of aromatic nitrogens is 6. The molecule has 0 saturated carbocycles. The maximum absolute atomic E-state index is 10.8. The first-order valence-electron chi connectivity index (χ1n) is 5.29. The van der Waals surface area contributed by atoms with Crippen molar-refractivity contribution < 1.29 is 9.90 Å². The maximum Gasteiger partial charge on any atom is 0.309 e. The Hall–Kier alpha value is -2.64. The van der Waals surface area contributed by atoms with Crippen LogP contribution in [0.5, 0.6) is 0 Å². The molecule has 8 nitrogen and oxygen atoms in total. The molecule has 0 saturated heterocycles. The molecular formula is C10H10N6O2. The number of aryl methyl sites for hydroxylation is 1. The molecule has 0 bridgehead atoms. The van der Waals surface area contributed by atoms with Gasteiger partial charge in [-0.25, -0.2) is 4.98 Å². The van der Waals surface area contributed by atoms with E-state index in [2.05, 4.69) is 25.4 Å².